The molecular weight excluding hydrogens is 584 g/mol. The van der Waals surface area contributed by atoms with Crippen molar-refractivity contribution in [2.24, 2.45) is 11.5 Å². The van der Waals surface area contributed by atoms with Crippen LogP contribution in [0.25, 0.3) is 10.9 Å². The van der Waals surface area contributed by atoms with E-state index in [0.717, 1.165) is 27.6 Å². The van der Waals surface area contributed by atoms with Crippen molar-refractivity contribution in [3.8, 4) is 0 Å². The van der Waals surface area contributed by atoms with Gasteiger partial charge in [0.15, 0.2) is 0 Å². The van der Waals surface area contributed by atoms with Crippen LogP contribution in [0.5, 0.6) is 0 Å². The molecule has 0 aliphatic heterocycles. The van der Waals surface area contributed by atoms with Crippen LogP contribution in [0.1, 0.15) is 36.0 Å². The summed E-state index contributed by atoms with van der Waals surface area (Å²) in [6.07, 6.45) is 3.62. The normalized spacial score (nSPS) is 13.7. The molecule has 0 aliphatic rings. The van der Waals surface area contributed by atoms with Crippen LogP contribution < -0.4 is 27.4 Å². The minimum Gasteiger partial charge on any atom is -0.480 e. The lowest BCUT2D eigenvalue weighted by Crippen LogP contribution is -2.58. The number of rotatable bonds is 17. The van der Waals surface area contributed by atoms with E-state index in [-0.39, 0.29) is 25.7 Å². The molecule has 0 radical (unpaired) electrons. The van der Waals surface area contributed by atoms with E-state index in [1.165, 1.54) is 0 Å². The number of aromatic nitrogens is 1. The maximum Gasteiger partial charge on any atom is 0.326 e. The number of aromatic amines is 1. The summed E-state index contributed by atoms with van der Waals surface area (Å²) >= 11 is 0. The van der Waals surface area contributed by atoms with Crippen LogP contribution in [0.15, 0.2) is 91.1 Å². The van der Waals surface area contributed by atoms with Gasteiger partial charge in [-0.05, 0) is 55.0 Å². The first-order valence-electron chi connectivity index (χ1n) is 15.5. The fourth-order valence-electron chi connectivity index (χ4n) is 5.33. The lowest BCUT2D eigenvalue weighted by atomic mass is 10.0. The van der Waals surface area contributed by atoms with Gasteiger partial charge in [-0.3, -0.25) is 14.4 Å². The Bertz CT molecular complexity index is 1590. The highest BCUT2D eigenvalue weighted by Crippen LogP contribution is 2.19. The smallest absolute Gasteiger partial charge is 0.326 e. The summed E-state index contributed by atoms with van der Waals surface area (Å²) in [6, 6.07) is 21.6. The molecule has 4 atom stereocenters. The first kappa shape index (κ1) is 33.9. The van der Waals surface area contributed by atoms with E-state index >= 15 is 0 Å². The summed E-state index contributed by atoms with van der Waals surface area (Å²) in [5.41, 5.74) is 15.2. The van der Waals surface area contributed by atoms with E-state index in [0.29, 0.717) is 19.4 Å². The van der Waals surface area contributed by atoms with Gasteiger partial charge >= 0.3 is 5.97 Å². The minimum atomic E-state index is -1.21. The lowest BCUT2D eigenvalue weighted by Gasteiger charge is -2.25. The van der Waals surface area contributed by atoms with Gasteiger partial charge in [-0.2, -0.15) is 0 Å². The average Bonchev–Trinajstić information content (AvgIpc) is 3.47. The molecule has 3 amide bonds. The van der Waals surface area contributed by atoms with E-state index in [2.05, 4.69) is 20.9 Å². The third kappa shape index (κ3) is 9.75. The van der Waals surface area contributed by atoms with E-state index in [1.807, 2.05) is 60.7 Å². The standard InChI is InChI=1S/C35H42N6O5/c36-18-10-9-17-29(33(43)41-31(35(45)46)20-24-13-5-2-6-14-24)39-34(44)30(21-25-22-38-28-16-8-7-15-26(25)28)40-32(42)27(37)19-23-11-3-1-4-12-23/h1-8,11-16,22,27,29-31,38H,9-10,17-21,36-37H2,(H,39,44)(H,40,42)(H,41,43)(H,45,46). The summed E-state index contributed by atoms with van der Waals surface area (Å²) in [6.45, 7) is 0.395. The number of para-hydroxylation sites is 1. The molecule has 0 saturated heterocycles. The number of fused-ring (bicyclic) bond motifs is 1. The zero-order valence-electron chi connectivity index (χ0n) is 25.7. The van der Waals surface area contributed by atoms with Crippen molar-refractivity contribution in [1.82, 2.24) is 20.9 Å². The number of unbranched alkanes of at least 4 members (excludes halogenated alkanes) is 1. The highest BCUT2D eigenvalue weighted by Gasteiger charge is 2.31. The third-order valence-electron chi connectivity index (χ3n) is 7.84. The summed E-state index contributed by atoms with van der Waals surface area (Å²) in [4.78, 5) is 55.9. The molecule has 46 heavy (non-hydrogen) atoms. The van der Waals surface area contributed by atoms with Crippen LogP contribution in [-0.2, 0) is 38.4 Å². The third-order valence-corrected chi connectivity index (χ3v) is 7.84. The van der Waals surface area contributed by atoms with Gasteiger partial charge in [0.2, 0.25) is 17.7 Å². The van der Waals surface area contributed by atoms with E-state index in [1.54, 1.807) is 30.5 Å². The van der Waals surface area contributed by atoms with Gasteiger partial charge in [0, 0.05) is 29.9 Å². The second kappa shape index (κ2) is 16.9. The zero-order chi connectivity index (χ0) is 32.9. The molecule has 4 aromatic rings. The molecule has 0 saturated carbocycles. The number of H-pyrrole nitrogens is 1. The molecule has 0 bridgehead atoms. The van der Waals surface area contributed by atoms with Gasteiger partial charge in [-0.15, -0.1) is 0 Å². The number of carbonyl (C=O) groups excluding carboxylic acids is 3. The Kier molecular flexibility index (Phi) is 12.4. The first-order chi connectivity index (χ1) is 22.2. The Morgan fingerprint density at radius 3 is 1.89 bits per heavy atom. The maximum absolute atomic E-state index is 13.9. The minimum absolute atomic E-state index is 0.0733. The fourth-order valence-corrected chi connectivity index (χ4v) is 5.33. The largest absolute Gasteiger partial charge is 0.480 e. The van der Waals surface area contributed by atoms with Gasteiger partial charge in [0.25, 0.3) is 0 Å². The summed E-state index contributed by atoms with van der Waals surface area (Å²) < 4.78 is 0. The molecule has 4 rings (SSSR count). The van der Waals surface area contributed by atoms with Gasteiger partial charge in [-0.1, -0.05) is 78.9 Å². The van der Waals surface area contributed by atoms with Crippen LogP contribution in [-0.4, -0.2) is 64.5 Å². The number of carboxylic acids is 1. The highest BCUT2D eigenvalue weighted by atomic mass is 16.4. The number of carboxylic acid groups (broad SMARTS) is 1. The molecule has 4 unspecified atom stereocenters. The van der Waals surface area contributed by atoms with Crippen molar-refractivity contribution in [3.63, 3.8) is 0 Å². The molecule has 0 fully saturated rings. The molecule has 3 aromatic carbocycles. The quantitative estimate of drug-likeness (QED) is 0.0873. The van der Waals surface area contributed by atoms with Crippen molar-refractivity contribution in [3.05, 3.63) is 108 Å². The Morgan fingerprint density at radius 1 is 0.674 bits per heavy atom. The lowest BCUT2D eigenvalue weighted by molar-refractivity contribution is -0.142. The van der Waals surface area contributed by atoms with Crippen molar-refractivity contribution in [2.75, 3.05) is 6.54 Å². The SMILES string of the molecule is NCCCCC(NC(=O)C(Cc1c[nH]c2ccccc12)NC(=O)C(N)Cc1ccccc1)C(=O)NC(Cc1ccccc1)C(=O)O. The number of amides is 3. The van der Waals surface area contributed by atoms with Gasteiger partial charge in [0.1, 0.15) is 18.1 Å². The molecule has 11 heteroatoms. The summed E-state index contributed by atoms with van der Waals surface area (Å²) in [5, 5.41) is 18.9. The monoisotopic (exact) mass is 626 g/mol. The second-order valence-electron chi connectivity index (χ2n) is 11.4. The number of hydrogen-bond donors (Lipinski definition) is 7. The molecule has 1 aromatic heterocycles. The predicted octanol–water partition coefficient (Wildman–Crippen LogP) is 2.19. The van der Waals surface area contributed by atoms with Crippen LogP contribution in [0.4, 0.5) is 0 Å². The second-order valence-corrected chi connectivity index (χ2v) is 11.4. The van der Waals surface area contributed by atoms with E-state index in [9.17, 15) is 24.3 Å². The van der Waals surface area contributed by atoms with Crippen molar-refractivity contribution in [1.29, 1.82) is 0 Å². The average molecular weight is 627 g/mol. The topological polar surface area (TPSA) is 192 Å². The van der Waals surface area contributed by atoms with Crippen LogP contribution in [0, 0.1) is 0 Å². The van der Waals surface area contributed by atoms with Crippen molar-refractivity contribution < 1.29 is 24.3 Å². The number of hydrogen-bond acceptors (Lipinski definition) is 6. The molecule has 242 valence electrons. The Balaban J connectivity index is 1.53. The Hall–Kier alpha value is -5.00. The molecule has 1 heterocycles. The summed E-state index contributed by atoms with van der Waals surface area (Å²) in [7, 11) is 0. The highest BCUT2D eigenvalue weighted by molar-refractivity contribution is 5.95. The van der Waals surface area contributed by atoms with E-state index < -0.39 is 47.9 Å². The Labute approximate surface area is 268 Å². The van der Waals surface area contributed by atoms with Gasteiger partial charge < -0.3 is 37.5 Å². The zero-order valence-corrected chi connectivity index (χ0v) is 25.7. The first-order valence-corrected chi connectivity index (χ1v) is 15.5. The molecule has 11 nitrogen and oxygen atoms in total. The number of aliphatic carboxylic acids is 1. The van der Waals surface area contributed by atoms with Crippen LogP contribution >= 0.6 is 0 Å². The van der Waals surface area contributed by atoms with Crippen molar-refractivity contribution in [2.45, 2.75) is 62.7 Å². The number of carbonyl (C=O) groups is 4. The molecule has 9 N–H and O–H groups in total. The van der Waals surface area contributed by atoms with Gasteiger partial charge in [0.05, 0.1) is 6.04 Å². The van der Waals surface area contributed by atoms with Crippen LogP contribution in [0.3, 0.4) is 0 Å². The van der Waals surface area contributed by atoms with Gasteiger partial charge in [-0.25, -0.2) is 4.79 Å². The van der Waals surface area contributed by atoms with E-state index in [4.69, 9.17) is 11.5 Å². The maximum atomic E-state index is 13.9. The molecular formula is C35H42N6O5. The molecule has 0 aliphatic carbocycles. The number of nitrogens with one attached hydrogen (secondary N) is 4. The number of nitrogens with two attached hydrogens (primary N) is 2. The van der Waals surface area contributed by atoms with Crippen LogP contribution in [0.2, 0.25) is 0 Å². The molecule has 0 spiro atoms. The summed E-state index contributed by atoms with van der Waals surface area (Å²) in [5.74, 6) is -2.93. The predicted molar refractivity (Wildman–Crippen MR) is 177 cm³/mol. The Morgan fingerprint density at radius 2 is 1.24 bits per heavy atom. The van der Waals surface area contributed by atoms with Crippen molar-refractivity contribution >= 4 is 34.6 Å². The number of benzene rings is 3. The fraction of sp³-hybridized carbons (Fsp3) is 0.314.